The van der Waals surface area contributed by atoms with Crippen LogP contribution in [0.1, 0.15) is 21.4 Å². The molecule has 0 aliphatic carbocycles. The van der Waals surface area contributed by atoms with Gasteiger partial charge in [-0.25, -0.2) is 0 Å². The van der Waals surface area contributed by atoms with Crippen LogP contribution in [0.5, 0.6) is 0 Å². The number of thiophene rings is 2. The summed E-state index contributed by atoms with van der Waals surface area (Å²) < 4.78 is 0. The molecule has 68 valence electrons. The van der Waals surface area contributed by atoms with E-state index in [4.69, 9.17) is 5.73 Å². The van der Waals surface area contributed by atoms with E-state index < -0.39 is 0 Å². The van der Waals surface area contributed by atoms with Gasteiger partial charge in [-0.05, 0) is 35.4 Å². The SMILES string of the molecule is Cc1ccsc1C(N)c1cccs1. The topological polar surface area (TPSA) is 26.0 Å². The van der Waals surface area contributed by atoms with Crippen molar-refractivity contribution < 1.29 is 0 Å². The van der Waals surface area contributed by atoms with E-state index in [1.54, 1.807) is 22.7 Å². The van der Waals surface area contributed by atoms with Crippen molar-refractivity contribution in [2.75, 3.05) is 0 Å². The molecule has 0 bridgehead atoms. The van der Waals surface area contributed by atoms with Crippen LogP contribution in [0.2, 0.25) is 0 Å². The van der Waals surface area contributed by atoms with Crippen molar-refractivity contribution in [3.63, 3.8) is 0 Å². The number of aryl methyl sites for hydroxylation is 1. The van der Waals surface area contributed by atoms with E-state index >= 15 is 0 Å². The lowest BCUT2D eigenvalue weighted by Crippen LogP contribution is -2.09. The Morgan fingerprint density at radius 3 is 2.62 bits per heavy atom. The normalized spacial score (nSPS) is 13.1. The zero-order chi connectivity index (χ0) is 9.26. The second-order valence-corrected chi connectivity index (χ2v) is 4.89. The summed E-state index contributed by atoms with van der Waals surface area (Å²) in [5.74, 6) is 0. The molecule has 2 heterocycles. The highest BCUT2D eigenvalue weighted by Gasteiger charge is 2.12. The number of rotatable bonds is 2. The Morgan fingerprint density at radius 2 is 2.08 bits per heavy atom. The van der Waals surface area contributed by atoms with Gasteiger partial charge in [-0.1, -0.05) is 6.07 Å². The molecule has 0 radical (unpaired) electrons. The monoisotopic (exact) mass is 209 g/mol. The average Bonchev–Trinajstić information content (AvgIpc) is 2.72. The first-order valence-electron chi connectivity index (χ1n) is 4.12. The summed E-state index contributed by atoms with van der Waals surface area (Å²) in [6.45, 7) is 2.11. The molecule has 2 aromatic rings. The van der Waals surface area contributed by atoms with Crippen LogP contribution < -0.4 is 5.73 Å². The molecule has 2 N–H and O–H groups in total. The van der Waals surface area contributed by atoms with Gasteiger partial charge >= 0.3 is 0 Å². The summed E-state index contributed by atoms with van der Waals surface area (Å²) in [5, 5.41) is 4.16. The van der Waals surface area contributed by atoms with E-state index in [0.717, 1.165) is 0 Å². The molecule has 2 rings (SSSR count). The van der Waals surface area contributed by atoms with Crippen LogP contribution in [0.15, 0.2) is 29.0 Å². The van der Waals surface area contributed by atoms with Crippen LogP contribution in [0.3, 0.4) is 0 Å². The fraction of sp³-hybridized carbons (Fsp3) is 0.200. The Balaban J connectivity index is 2.33. The van der Waals surface area contributed by atoms with Crippen molar-refractivity contribution in [2.24, 2.45) is 5.73 Å². The van der Waals surface area contributed by atoms with Gasteiger partial charge < -0.3 is 5.73 Å². The third-order valence-corrected chi connectivity index (χ3v) is 4.09. The highest BCUT2D eigenvalue weighted by Crippen LogP contribution is 2.29. The molecule has 0 spiro atoms. The van der Waals surface area contributed by atoms with Crippen LogP contribution >= 0.6 is 22.7 Å². The van der Waals surface area contributed by atoms with Gasteiger partial charge in [0.15, 0.2) is 0 Å². The molecule has 0 aliphatic heterocycles. The van der Waals surface area contributed by atoms with E-state index in [-0.39, 0.29) is 6.04 Å². The van der Waals surface area contributed by atoms with Crippen LogP contribution in [0.4, 0.5) is 0 Å². The van der Waals surface area contributed by atoms with E-state index in [1.807, 2.05) is 6.07 Å². The molecule has 0 amide bonds. The second kappa shape index (κ2) is 3.62. The number of hydrogen-bond acceptors (Lipinski definition) is 3. The van der Waals surface area contributed by atoms with Crippen molar-refractivity contribution in [3.8, 4) is 0 Å². The molecular formula is C10H11NS2. The molecule has 0 aliphatic rings. The predicted octanol–water partition coefficient (Wildman–Crippen LogP) is 3.17. The van der Waals surface area contributed by atoms with Gasteiger partial charge in [-0.2, -0.15) is 0 Å². The molecule has 3 heteroatoms. The molecule has 1 nitrogen and oxygen atoms in total. The molecule has 0 saturated heterocycles. The highest BCUT2D eigenvalue weighted by molar-refractivity contribution is 7.11. The summed E-state index contributed by atoms with van der Waals surface area (Å²) >= 11 is 3.46. The Kier molecular flexibility index (Phi) is 2.49. The van der Waals surface area contributed by atoms with E-state index in [9.17, 15) is 0 Å². The molecule has 0 fully saturated rings. The lowest BCUT2D eigenvalue weighted by molar-refractivity contribution is 0.908. The van der Waals surface area contributed by atoms with Crippen LogP contribution in [0.25, 0.3) is 0 Å². The minimum atomic E-state index is 0.0694. The van der Waals surface area contributed by atoms with E-state index in [2.05, 4.69) is 29.8 Å². The minimum Gasteiger partial charge on any atom is -0.319 e. The first-order chi connectivity index (χ1) is 6.29. The van der Waals surface area contributed by atoms with Crippen LogP contribution in [0, 0.1) is 6.92 Å². The average molecular weight is 209 g/mol. The second-order valence-electron chi connectivity index (χ2n) is 2.96. The fourth-order valence-corrected chi connectivity index (χ4v) is 3.06. The van der Waals surface area contributed by atoms with Gasteiger partial charge in [0.1, 0.15) is 0 Å². The van der Waals surface area contributed by atoms with Crippen molar-refractivity contribution in [2.45, 2.75) is 13.0 Å². The first-order valence-corrected chi connectivity index (χ1v) is 5.88. The van der Waals surface area contributed by atoms with Crippen molar-refractivity contribution in [3.05, 3.63) is 44.3 Å². The molecule has 13 heavy (non-hydrogen) atoms. The lowest BCUT2D eigenvalue weighted by atomic mass is 10.1. The summed E-state index contributed by atoms with van der Waals surface area (Å²) in [4.78, 5) is 2.52. The third kappa shape index (κ3) is 1.68. The zero-order valence-electron chi connectivity index (χ0n) is 7.36. The highest BCUT2D eigenvalue weighted by atomic mass is 32.1. The van der Waals surface area contributed by atoms with Gasteiger partial charge in [-0.15, -0.1) is 22.7 Å². The minimum absolute atomic E-state index is 0.0694. The molecule has 2 aromatic heterocycles. The standard InChI is InChI=1S/C10H11NS2/c1-7-4-6-13-10(7)9(11)8-3-2-5-12-8/h2-6,9H,11H2,1H3. The maximum Gasteiger partial charge on any atom is 0.0742 e. The van der Waals surface area contributed by atoms with Crippen molar-refractivity contribution >= 4 is 22.7 Å². The number of hydrogen-bond donors (Lipinski definition) is 1. The van der Waals surface area contributed by atoms with Gasteiger partial charge in [0.25, 0.3) is 0 Å². The van der Waals surface area contributed by atoms with Gasteiger partial charge in [-0.3, -0.25) is 0 Å². The van der Waals surface area contributed by atoms with Gasteiger partial charge in [0, 0.05) is 9.75 Å². The van der Waals surface area contributed by atoms with Crippen molar-refractivity contribution in [1.82, 2.24) is 0 Å². The largest absolute Gasteiger partial charge is 0.319 e. The lowest BCUT2D eigenvalue weighted by Gasteiger charge is -2.07. The Bertz CT molecular complexity index is 375. The maximum atomic E-state index is 6.13. The van der Waals surface area contributed by atoms with Crippen LogP contribution in [-0.2, 0) is 0 Å². The molecular weight excluding hydrogens is 198 g/mol. The van der Waals surface area contributed by atoms with Crippen molar-refractivity contribution in [1.29, 1.82) is 0 Å². The van der Waals surface area contributed by atoms with E-state index in [1.165, 1.54) is 15.3 Å². The third-order valence-electron chi connectivity index (χ3n) is 2.03. The quantitative estimate of drug-likeness (QED) is 0.807. The Hall–Kier alpha value is -0.640. The Labute approximate surface area is 85.8 Å². The summed E-state index contributed by atoms with van der Waals surface area (Å²) in [5.41, 5.74) is 7.42. The zero-order valence-corrected chi connectivity index (χ0v) is 8.99. The van der Waals surface area contributed by atoms with E-state index in [0.29, 0.717) is 0 Å². The number of nitrogens with two attached hydrogens (primary N) is 1. The Morgan fingerprint density at radius 1 is 1.23 bits per heavy atom. The molecule has 1 atom stereocenters. The smallest absolute Gasteiger partial charge is 0.0742 e. The molecule has 1 unspecified atom stereocenters. The fourth-order valence-electron chi connectivity index (χ4n) is 1.30. The summed E-state index contributed by atoms with van der Waals surface area (Å²) in [7, 11) is 0. The maximum absolute atomic E-state index is 6.13. The molecule has 0 saturated carbocycles. The summed E-state index contributed by atoms with van der Waals surface area (Å²) in [6.07, 6.45) is 0. The molecule has 0 aromatic carbocycles. The summed E-state index contributed by atoms with van der Waals surface area (Å²) in [6, 6.07) is 6.32. The van der Waals surface area contributed by atoms with Crippen LogP contribution in [-0.4, -0.2) is 0 Å². The predicted molar refractivity (Wildman–Crippen MR) is 59.4 cm³/mol. The first kappa shape index (κ1) is 8.94. The van der Waals surface area contributed by atoms with Gasteiger partial charge in [0.2, 0.25) is 0 Å². The van der Waals surface area contributed by atoms with Gasteiger partial charge in [0.05, 0.1) is 6.04 Å².